The summed E-state index contributed by atoms with van der Waals surface area (Å²) in [6.07, 6.45) is 3.66. The predicted octanol–water partition coefficient (Wildman–Crippen LogP) is 1.55. The highest BCUT2D eigenvalue weighted by Crippen LogP contribution is 2.23. The van der Waals surface area contributed by atoms with E-state index in [0.29, 0.717) is 19.0 Å². The zero-order valence-electron chi connectivity index (χ0n) is 13.0. The second-order valence-corrected chi connectivity index (χ2v) is 8.16. The molecule has 1 saturated heterocycles. The SMILES string of the molecule is CN(C)S(=O)(=O)N1CCC(Cn2cnc3ccccc32)CC1. The molecule has 3 rings (SSSR count). The van der Waals surface area contributed by atoms with Gasteiger partial charge in [-0.25, -0.2) is 4.98 Å². The van der Waals surface area contributed by atoms with Gasteiger partial charge in [0.05, 0.1) is 17.4 Å². The van der Waals surface area contributed by atoms with Crippen molar-refractivity contribution in [3.05, 3.63) is 30.6 Å². The van der Waals surface area contributed by atoms with Crippen LogP contribution in [-0.4, -0.2) is 53.8 Å². The number of rotatable bonds is 4. The van der Waals surface area contributed by atoms with Crippen molar-refractivity contribution in [1.82, 2.24) is 18.2 Å². The molecule has 1 fully saturated rings. The van der Waals surface area contributed by atoms with Gasteiger partial charge < -0.3 is 4.57 Å². The van der Waals surface area contributed by atoms with Crippen molar-refractivity contribution in [2.45, 2.75) is 19.4 Å². The number of aromatic nitrogens is 2. The molecule has 1 aromatic carbocycles. The first-order valence-electron chi connectivity index (χ1n) is 7.56. The van der Waals surface area contributed by atoms with E-state index in [2.05, 4.69) is 15.6 Å². The van der Waals surface area contributed by atoms with Gasteiger partial charge in [0.1, 0.15) is 0 Å². The van der Waals surface area contributed by atoms with E-state index >= 15 is 0 Å². The Morgan fingerprint density at radius 1 is 1.23 bits per heavy atom. The lowest BCUT2D eigenvalue weighted by Gasteiger charge is -2.32. The summed E-state index contributed by atoms with van der Waals surface area (Å²) in [6, 6.07) is 8.10. The zero-order valence-corrected chi connectivity index (χ0v) is 13.8. The van der Waals surface area contributed by atoms with Crippen LogP contribution in [0.1, 0.15) is 12.8 Å². The van der Waals surface area contributed by atoms with E-state index in [1.165, 1.54) is 4.31 Å². The number of fused-ring (bicyclic) bond motifs is 1. The normalized spacial score (nSPS) is 18.3. The van der Waals surface area contributed by atoms with E-state index in [0.717, 1.165) is 30.4 Å². The second kappa shape index (κ2) is 5.98. The van der Waals surface area contributed by atoms with Crippen LogP contribution in [0.25, 0.3) is 11.0 Å². The molecular weight excluding hydrogens is 300 g/mol. The van der Waals surface area contributed by atoms with Crippen LogP contribution in [0.3, 0.4) is 0 Å². The van der Waals surface area contributed by atoms with Crippen LogP contribution in [0.5, 0.6) is 0 Å². The maximum atomic E-state index is 12.1. The van der Waals surface area contributed by atoms with Crippen LogP contribution in [-0.2, 0) is 16.8 Å². The highest BCUT2D eigenvalue weighted by atomic mass is 32.2. The Balaban J connectivity index is 1.65. The van der Waals surface area contributed by atoms with Gasteiger partial charge in [-0.3, -0.25) is 0 Å². The van der Waals surface area contributed by atoms with Crippen molar-refractivity contribution in [2.75, 3.05) is 27.2 Å². The van der Waals surface area contributed by atoms with Crippen molar-refractivity contribution >= 4 is 21.2 Å². The Hall–Kier alpha value is -1.44. The van der Waals surface area contributed by atoms with E-state index in [1.807, 2.05) is 24.5 Å². The molecule has 0 radical (unpaired) electrons. The predicted molar refractivity (Wildman–Crippen MR) is 86.6 cm³/mol. The number of nitrogens with zero attached hydrogens (tertiary/aromatic N) is 4. The molecule has 0 amide bonds. The first kappa shape index (κ1) is 15.5. The molecule has 120 valence electrons. The van der Waals surface area contributed by atoms with E-state index in [-0.39, 0.29) is 0 Å². The van der Waals surface area contributed by atoms with Crippen molar-refractivity contribution in [1.29, 1.82) is 0 Å². The molecule has 0 atom stereocenters. The van der Waals surface area contributed by atoms with Crippen molar-refractivity contribution in [3.63, 3.8) is 0 Å². The fourth-order valence-electron chi connectivity index (χ4n) is 2.99. The van der Waals surface area contributed by atoms with Gasteiger partial charge in [-0.2, -0.15) is 17.0 Å². The quantitative estimate of drug-likeness (QED) is 0.858. The van der Waals surface area contributed by atoms with Crippen molar-refractivity contribution in [3.8, 4) is 0 Å². The van der Waals surface area contributed by atoms with Crippen LogP contribution >= 0.6 is 0 Å². The van der Waals surface area contributed by atoms with Gasteiger partial charge in [-0.1, -0.05) is 12.1 Å². The van der Waals surface area contributed by atoms with E-state index < -0.39 is 10.2 Å². The van der Waals surface area contributed by atoms with Crippen LogP contribution in [0.4, 0.5) is 0 Å². The summed E-state index contributed by atoms with van der Waals surface area (Å²) in [5.41, 5.74) is 2.15. The van der Waals surface area contributed by atoms with Crippen molar-refractivity contribution < 1.29 is 8.42 Å². The average molecular weight is 322 g/mol. The van der Waals surface area contributed by atoms with Gasteiger partial charge in [-0.05, 0) is 30.9 Å². The summed E-state index contributed by atoms with van der Waals surface area (Å²) < 4.78 is 29.3. The molecule has 0 saturated carbocycles. The highest BCUT2D eigenvalue weighted by Gasteiger charge is 2.29. The molecule has 0 spiro atoms. The van der Waals surface area contributed by atoms with Gasteiger partial charge in [0.25, 0.3) is 10.2 Å². The number of imidazole rings is 1. The summed E-state index contributed by atoms with van der Waals surface area (Å²) >= 11 is 0. The fraction of sp³-hybridized carbons (Fsp3) is 0.533. The maximum Gasteiger partial charge on any atom is 0.281 e. The molecule has 1 aliphatic rings. The smallest absolute Gasteiger partial charge is 0.281 e. The largest absolute Gasteiger partial charge is 0.330 e. The average Bonchev–Trinajstić information content (AvgIpc) is 2.91. The molecule has 6 nitrogen and oxygen atoms in total. The standard InChI is InChI=1S/C15H22N4O2S/c1-17(2)22(20,21)19-9-7-13(8-10-19)11-18-12-16-14-5-3-4-6-15(14)18/h3-6,12-13H,7-11H2,1-2H3. The van der Waals surface area contributed by atoms with Crippen LogP contribution in [0.15, 0.2) is 30.6 Å². The molecule has 7 heteroatoms. The molecular formula is C15H22N4O2S. The topological polar surface area (TPSA) is 58.4 Å². The monoisotopic (exact) mass is 322 g/mol. The number of hydrogen-bond acceptors (Lipinski definition) is 3. The van der Waals surface area contributed by atoms with Crippen molar-refractivity contribution in [2.24, 2.45) is 5.92 Å². The number of benzene rings is 1. The van der Waals surface area contributed by atoms with Gasteiger partial charge in [-0.15, -0.1) is 0 Å². The lowest BCUT2D eigenvalue weighted by Crippen LogP contribution is -2.44. The lowest BCUT2D eigenvalue weighted by atomic mass is 9.98. The number of para-hydroxylation sites is 2. The summed E-state index contributed by atoms with van der Waals surface area (Å²) in [6.45, 7) is 2.09. The minimum Gasteiger partial charge on any atom is -0.330 e. The van der Waals surface area contributed by atoms with Gasteiger partial charge >= 0.3 is 0 Å². The molecule has 0 aliphatic carbocycles. The number of hydrogen-bond donors (Lipinski definition) is 0. The second-order valence-electron chi connectivity index (χ2n) is 6.02. The molecule has 1 aromatic heterocycles. The molecule has 0 unspecified atom stereocenters. The molecule has 0 N–H and O–H groups in total. The minimum absolute atomic E-state index is 0.492. The Labute approximate surface area is 131 Å². The third-order valence-electron chi connectivity index (χ3n) is 4.34. The highest BCUT2D eigenvalue weighted by molar-refractivity contribution is 7.86. The fourth-order valence-corrected chi connectivity index (χ4v) is 4.12. The van der Waals surface area contributed by atoms with Gasteiger partial charge in [0.2, 0.25) is 0 Å². The Morgan fingerprint density at radius 2 is 1.91 bits per heavy atom. The van der Waals surface area contributed by atoms with E-state index in [9.17, 15) is 8.42 Å². The summed E-state index contributed by atoms with van der Waals surface area (Å²) in [7, 11) is -0.108. The van der Waals surface area contributed by atoms with Gasteiger partial charge in [0, 0.05) is 33.7 Å². The molecule has 1 aliphatic heterocycles. The zero-order chi connectivity index (χ0) is 15.7. The van der Waals surface area contributed by atoms with Crippen LogP contribution < -0.4 is 0 Å². The lowest BCUT2D eigenvalue weighted by molar-refractivity contribution is 0.245. The summed E-state index contributed by atoms with van der Waals surface area (Å²) in [5, 5.41) is 0. The Bertz CT molecular complexity index is 746. The van der Waals surface area contributed by atoms with Gasteiger partial charge in [0.15, 0.2) is 0 Å². The summed E-state index contributed by atoms with van der Waals surface area (Å²) in [4.78, 5) is 4.41. The first-order valence-corrected chi connectivity index (χ1v) is 8.95. The maximum absolute atomic E-state index is 12.1. The molecule has 22 heavy (non-hydrogen) atoms. The van der Waals surface area contributed by atoms with E-state index in [1.54, 1.807) is 18.4 Å². The first-order chi connectivity index (χ1) is 10.5. The molecule has 0 bridgehead atoms. The third-order valence-corrected chi connectivity index (χ3v) is 6.28. The van der Waals surface area contributed by atoms with Crippen LogP contribution in [0, 0.1) is 5.92 Å². The minimum atomic E-state index is -3.27. The van der Waals surface area contributed by atoms with Crippen LogP contribution in [0.2, 0.25) is 0 Å². The Kier molecular flexibility index (Phi) is 4.20. The molecule has 2 heterocycles. The number of piperidine rings is 1. The third kappa shape index (κ3) is 2.88. The molecule has 2 aromatic rings. The summed E-state index contributed by atoms with van der Waals surface area (Å²) in [5.74, 6) is 0.492. The Morgan fingerprint density at radius 3 is 2.59 bits per heavy atom. The van der Waals surface area contributed by atoms with E-state index in [4.69, 9.17) is 0 Å².